The van der Waals surface area contributed by atoms with E-state index in [0.29, 0.717) is 0 Å². The number of hydrogen-bond donors (Lipinski definition) is 0. The van der Waals surface area contributed by atoms with Crippen molar-refractivity contribution in [3.63, 3.8) is 0 Å². The minimum Gasteiger partial charge on any atom is -0.258 e. The summed E-state index contributed by atoms with van der Waals surface area (Å²) in [5.41, 5.74) is 2.23. The van der Waals surface area contributed by atoms with Gasteiger partial charge in [0.1, 0.15) is 0 Å². The summed E-state index contributed by atoms with van der Waals surface area (Å²) >= 11 is 0. The quantitative estimate of drug-likeness (QED) is 0.638. The van der Waals surface area contributed by atoms with Crippen LogP contribution in [0, 0.1) is 6.92 Å². The van der Waals surface area contributed by atoms with Crippen molar-refractivity contribution in [1.82, 2.24) is 9.97 Å². The second-order valence-electron chi connectivity index (χ2n) is 3.91. The second-order valence-corrected chi connectivity index (χ2v) is 3.91. The third kappa shape index (κ3) is 4.91. The maximum absolute atomic E-state index is 4.42. The molecule has 0 saturated heterocycles. The lowest BCUT2D eigenvalue weighted by Crippen LogP contribution is -1.96. The molecule has 0 saturated carbocycles. The molecule has 1 aromatic heterocycles. The molecule has 0 spiro atoms. The Labute approximate surface area is 93.2 Å². The van der Waals surface area contributed by atoms with Gasteiger partial charge in [0.25, 0.3) is 0 Å². The van der Waals surface area contributed by atoms with E-state index in [-0.39, 0.29) is 0 Å². The van der Waals surface area contributed by atoms with E-state index in [1.54, 1.807) is 0 Å². The normalized spacial score (nSPS) is 10.5. The fourth-order valence-corrected chi connectivity index (χ4v) is 1.56. The summed E-state index contributed by atoms with van der Waals surface area (Å²) in [6.45, 7) is 6.00. The SMILES string of the molecule is [CH2]CCCCCc1cnc(CCC)cn1. The highest BCUT2D eigenvalue weighted by molar-refractivity contribution is 5.02. The monoisotopic (exact) mass is 205 g/mol. The zero-order valence-electron chi connectivity index (χ0n) is 9.71. The van der Waals surface area contributed by atoms with Crippen LogP contribution < -0.4 is 0 Å². The molecule has 0 aromatic carbocycles. The van der Waals surface area contributed by atoms with Crippen LogP contribution in [0.2, 0.25) is 0 Å². The van der Waals surface area contributed by atoms with Crippen LogP contribution in [0.5, 0.6) is 0 Å². The Bertz CT molecular complexity index is 254. The smallest absolute Gasteiger partial charge is 0.0586 e. The van der Waals surface area contributed by atoms with Gasteiger partial charge in [0.05, 0.1) is 11.4 Å². The van der Waals surface area contributed by atoms with Crippen LogP contribution in [0.25, 0.3) is 0 Å². The van der Waals surface area contributed by atoms with Gasteiger partial charge in [-0.3, -0.25) is 9.97 Å². The number of aromatic nitrogens is 2. The van der Waals surface area contributed by atoms with Gasteiger partial charge in [0, 0.05) is 12.4 Å². The minimum absolute atomic E-state index is 1.04. The molecule has 0 aliphatic rings. The van der Waals surface area contributed by atoms with Gasteiger partial charge in [-0.15, -0.1) is 0 Å². The van der Waals surface area contributed by atoms with Gasteiger partial charge in [-0.1, -0.05) is 39.5 Å². The van der Waals surface area contributed by atoms with Crippen LogP contribution >= 0.6 is 0 Å². The fraction of sp³-hybridized carbons (Fsp3) is 0.615. The molecular formula is C13H21N2. The standard InChI is InChI=1S/C13H21N2/c1-3-5-6-7-9-13-11-14-12(8-4-2)10-15-13/h10-11H,1,3-9H2,2H3. The molecule has 0 aliphatic carbocycles. The lowest BCUT2D eigenvalue weighted by molar-refractivity contribution is 0.675. The van der Waals surface area contributed by atoms with E-state index in [1.807, 2.05) is 12.4 Å². The van der Waals surface area contributed by atoms with Crippen molar-refractivity contribution in [2.75, 3.05) is 0 Å². The van der Waals surface area contributed by atoms with Gasteiger partial charge in [-0.25, -0.2) is 0 Å². The van der Waals surface area contributed by atoms with Crippen molar-refractivity contribution in [3.8, 4) is 0 Å². The summed E-state index contributed by atoms with van der Waals surface area (Å²) in [6.07, 6.45) is 11.8. The highest BCUT2D eigenvalue weighted by Crippen LogP contribution is 2.05. The topological polar surface area (TPSA) is 25.8 Å². The Hall–Kier alpha value is -0.920. The maximum Gasteiger partial charge on any atom is 0.0586 e. The molecule has 1 rings (SSSR count). The van der Waals surface area contributed by atoms with Crippen molar-refractivity contribution in [3.05, 3.63) is 30.7 Å². The van der Waals surface area contributed by atoms with E-state index in [0.717, 1.165) is 37.1 Å². The minimum atomic E-state index is 1.04. The maximum atomic E-state index is 4.42. The molecule has 2 nitrogen and oxygen atoms in total. The first kappa shape index (κ1) is 12.2. The van der Waals surface area contributed by atoms with E-state index in [4.69, 9.17) is 0 Å². The van der Waals surface area contributed by atoms with E-state index < -0.39 is 0 Å². The van der Waals surface area contributed by atoms with Crippen LogP contribution in [0.3, 0.4) is 0 Å². The number of unbranched alkanes of at least 4 members (excludes halogenated alkanes) is 3. The average Bonchev–Trinajstić information content (AvgIpc) is 2.27. The van der Waals surface area contributed by atoms with Crippen molar-refractivity contribution in [2.24, 2.45) is 0 Å². The van der Waals surface area contributed by atoms with Gasteiger partial charge in [-0.05, 0) is 19.3 Å². The Morgan fingerprint density at radius 3 is 2.20 bits per heavy atom. The molecular weight excluding hydrogens is 184 g/mol. The number of rotatable bonds is 7. The van der Waals surface area contributed by atoms with Crippen LogP contribution in [0.15, 0.2) is 12.4 Å². The number of aryl methyl sites for hydroxylation is 2. The van der Waals surface area contributed by atoms with E-state index in [1.165, 1.54) is 19.3 Å². The third-order valence-corrected chi connectivity index (χ3v) is 2.45. The number of hydrogen-bond acceptors (Lipinski definition) is 2. The van der Waals surface area contributed by atoms with Crippen LogP contribution in [0.1, 0.15) is 50.4 Å². The lowest BCUT2D eigenvalue weighted by Gasteiger charge is -2.01. The largest absolute Gasteiger partial charge is 0.258 e. The summed E-state index contributed by atoms with van der Waals surface area (Å²) in [5.74, 6) is 0. The van der Waals surface area contributed by atoms with E-state index >= 15 is 0 Å². The van der Waals surface area contributed by atoms with E-state index in [2.05, 4.69) is 23.8 Å². The van der Waals surface area contributed by atoms with Crippen molar-refractivity contribution in [2.45, 2.75) is 51.9 Å². The van der Waals surface area contributed by atoms with Gasteiger partial charge in [-0.2, -0.15) is 0 Å². The van der Waals surface area contributed by atoms with Crippen LogP contribution in [-0.4, -0.2) is 9.97 Å². The zero-order valence-corrected chi connectivity index (χ0v) is 9.71. The molecule has 0 atom stereocenters. The second kappa shape index (κ2) is 7.38. The molecule has 0 aliphatic heterocycles. The first-order valence-corrected chi connectivity index (χ1v) is 5.96. The van der Waals surface area contributed by atoms with Crippen molar-refractivity contribution >= 4 is 0 Å². The Morgan fingerprint density at radius 2 is 1.67 bits per heavy atom. The molecule has 0 fully saturated rings. The molecule has 1 aromatic rings. The first-order chi connectivity index (χ1) is 7.36. The van der Waals surface area contributed by atoms with Crippen LogP contribution in [0.4, 0.5) is 0 Å². The Kier molecular flexibility index (Phi) is 5.98. The van der Waals surface area contributed by atoms with Gasteiger partial charge in [0.15, 0.2) is 0 Å². The van der Waals surface area contributed by atoms with Crippen molar-refractivity contribution < 1.29 is 0 Å². The molecule has 0 amide bonds. The van der Waals surface area contributed by atoms with Gasteiger partial charge < -0.3 is 0 Å². The average molecular weight is 205 g/mol. The predicted octanol–water partition coefficient (Wildman–Crippen LogP) is 3.37. The van der Waals surface area contributed by atoms with Crippen LogP contribution in [-0.2, 0) is 12.8 Å². The Balaban J connectivity index is 2.29. The van der Waals surface area contributed by atoms with Gasteiger partial charge in [0.2, 0.25) is 0 Å². The summed E-state index contributed by atoms with van der Waals surface area (Å²) in [5, 5.41) is 0. The number of nitrogens with zero attached hydrogens (tertiary/aromatic N) is 2. The molecule has 0 N–H and O–H groups in total. The predicted molar refractivity (Wildman–Crippen MR) is 63.6 cm³/mol. The van der Waals surface area contributed by atoms with Gasteiger partial charge >= 0.3 is 0 Å². The summed E-state index contributed by atoms with van der Waals surface area (Å²) < 4.78 is 0. The fourth-order valence-electron chi connectivity index (χ4n) is 1.56. The molecule has 1 heterocycles. The molecule has 1 radical (unpaired) electrons. The Morgan fingerprint density at radius 1 is 1.00 bits per heavy atom. The summed E-state index contributed by atoms with van der Waals surface area (Å²) in [6, 6.07) is 0. The first-order valence-electron chi connectivity index (χ1n) is 5.96. The highest BCUT2D eigenvalue weighted by Gasteiger charge is 1.97. The highest BCUT2D eigenvalue weighted by atomic mass is 14.8. The third-order valence-electron chi connectivity index (χ3n) is 2.45. The molecule has 2 heteroatoms. The molecule has 0 unspecified atom stereocenters. The molecule has 15 heavy (non-hydrogen) atoms. The van der Waals surface area contributed by atoms with Crippen molar-refractivity contribution in [1.29, 1.82) is 0 Å². The molecule has 0 bridgehead atoms. The lowest BCUT2D eigenvalue weighted by atomic mass is 10.1. The summed E-state index contributed by atoms with van der Waals surface area (Å²) in [4.78, 5) is 8.81. The summed E-state index contributed by atoms with van der Waals surface area (Å²) in [7, 11) is 0. The van der Waals surface area contributed by atoms with E-state index in [9.17, 15) is 0 Å². The molecule has 83 valence electrons. The zero-order chi connectivity index (χ0) is 10.9.